The predicted octanol–water partition coefficient (Wildman–Crippen LogP) is 2.70. The Hall–Kier alpha value is -3.98. The number of rotatable bonds is 4. The fraction of sp³-hybridized carbons (Fsp3) is 0.174. The van der Waals surface area contributed by atoms with Gasteiger partial charge in [0, 0.05) is 37.5 Å². The highest BCUT2D eigenvalue weighted by Gasteiger charge is 2.28. The van der Waals surface area contributed by atoms with Gasteiger partial charge in [0.05, 0.1) is 29.2 Å². The first kappa shape index (κ1) is 18.8. The number of aromatic nitrogens is 3. The van der Waals surface area contributed by atoms with Crippen LogP contribution in [0.3, 0.4) is 0 Å². The Morgan fingerprint density at radius 2 is 2.06 bits per heavy atom. The number of aliphatic hydroxyl groups excluding tert-OH is 1. The van der Waals surface area contributed by atoms with E-state index in [9.17, 15) is 14.3 Å². The number of carbonyl (C=O) groups is 1. The van der Waals surface area contributed by atoms with Gasteiger partial charge in [-0.1, -0.05) is 12.1 Å². The second kappa shape index (κ2) is 7.03. The van der Waals surface area contributed by atoms with E-state index in [-0.39, 0.29) is 17.8 Å². The number of carbonyl (C=O) groups excluding carboxylic acids is 1. The van der Waals surface area contributed by atoms with E-state index in [2.05, 4.69) is 20.6 Å². The third-order valence-corrected chi connectivity index (χ3v) is 5.90. The van der Waals surface area contributed by atoms with Gasteiger partial charge in [-0.3, -0.25) is 9.20 Å². The highest BCUT2D eigenvalue weighted by molar-refractivity contribution is 6.06. The fourth-order valence-electron chi connectivity index (χ4n) is 4.30. The van der Waals surface area contributed by atoms with E-state index < -0.39 is 0 Å². The maximum atomic E-state index is 13.6. The Morgan fingerprint density at radius 3 is 2.91 bits per heavy atom. The fourth-order valence-corrected chi connectivity index (χ4v) is 4.30. The molecule has 2 aliphatic heterocycles. The van der Waals surface area contributed by atoms with Crippen molar-refractivity contribution in [2.45, 2.75) is 12.6 Å². The maximum Gasteiger partial charge on any atom is 0.254 e. The molecule has 8 nitrogen and oxygen atoms in total. The lowest BCUT2D eigenvalue weighted by Gasteiger charge is -2.36. The minimum atomic E-state index is -0.348. The molecule has 1 amide bonds. The van der Waals surface area contributed by atoms with Crippen molar-refractivity contribution in [2.75, 3.05) is 23.3 Å². The molecule has 0 radical (unpaired) electrons. The van der Waals surface area contributed by atoms with Crippen molar-refractivity contribution in [2.24, 2.45) is 0 Å². The number of amides is 1. The predicted molar refractivity (Wildman–Crippen MR) is 117 cm³/mol. The van der Waals surface area contributed by atoms with Crippen molar-refractivity contribution in [3.05, 3.63) is 71.8 Å². The highest BCUT2D eigenvalue weighted by Crippen LogP contribution is 2.35. The number of nitrogens with zero attached hydrogens (tertiary/aromatic N) is 4. The van der Waals surface area contributed by atoms with Crippen molar-refractivity contribution in [3.8, 4) is 11.3 Å². The van der Waals surface area contributed by atoms with E-state index >= 15 is 0 Å². The molecule has 0 saturated carbocycles. The molecular formula is C23H19FN6O2. The number of β-amino-alcohol motifs (C(OH)–C–C–N with tert-alkyl or cyclic N) is 1. The first-order valence-corrected chi connectivity index (χ1v) is 10.3. The van der Waals surface area contributed by atoms with E-state index in [0.29, 0.717) is 42.4 Å². The molecule has 3 aromatic heterocycles. The summed E-state index contributed by atoms with van der Waals surface area (Å²) in [6, 6.07) is 12.2. The number of nitrogens with one attached hydrogen (secondary N) is 2. The van der Waals surface area contributed by atoms with Crippen molar-refractivity contribution in [3.63, 3.8) is 0 Å². The molecule has 9 heteroatoms. The minimum Gasteiger partial charge on any atom is -0.389 e. The Kier molecular flexibility index (Phi) is 4.12. The molecular weight excluding hydrogens is 411 g/mol. The quantitative estimate of drug-likeness (QED) is 0.461. The summed E-state index contributed by atoms with van der Waals surface area (Å²) in [6.45, 7) is 1.52. The molecule has 0 bridgehead atoms. The molecule has 3 N–H and O–H groups in total. The molecule has 5 heterocycles. The van der Waals surface area contributed by atoms with Crippen molar-refractivity contribution in [1.29, 1.82) is 0 Å². The van der Waals surface area contributed by atoms with Crippen LogP contribution in [0.15, 0.2) is 54.9 Å². The first-order chi connectivity index (χ1) is 15.6. The number of pyridine rings is 2. The number of fused-ring (bicyclic) bond motifs is 2. The van der Waals surface area contributed by atoms with Crippen LogP contribution in [-0.4, -0.2) is 44.6 Å². The van der Waals surface area contributed by atoms with Gasteiger partial charge < -0.3 is 20.6 Å². The van der Waals surface area contributed by atoms with Gasteiger partial charge in [-0.2, -0.15) is 0 Å². The average Bonchev–Trinajstić information content (AvgIpc) is 3.36. The Morgan fingerprint density at radius 1 is 1.19 bits per heavy atom. The molecule has 0 aliphatic carbocycles. The van der Waals surface area contributed by atoms with E-state index in [4.69, 9.17) is 0 Å². The molecule has 2 aliphatic rings. The standard InChI is InChI=1S/C23H19FN6O2/c24-13-6-7-30-18(10-25-21(30)8-13)15-4-5-17(22-16(15)9-26-23(22)32)27-19-2-1-3-20(28-19)29-11-14(31)12-29/h1-8,10,14,31H,9,11-12H2,(H,26,32)(H,27,28). The number of halogens is 1. The number of anilines is 3. The summed E-state index contributed by atoms with van der Waals surface area (Å²) in [5.41, 5.74) is 4.23. The van der Waals surface area contributed by atoms with Gasteiger partial charge >= 0.3 is 0 Å². The van der Waals surface area contributed by atoms with Crippen LogP contribution in [0, 0.1) is 5.82 Å². The lowest BCUT2D eigenvalue weighted by atomic mass is 9.99. The summed E-state index contributed by atoms with van der Waals surface area (Å²) in [5.74, 6) is 0.879. The molecule has 1 fully saturated rings. The van der Waals surface area contributed by atoms with Crippen LogP contribution in [0.1, 0.15) is 15.9 Å². The lowest BCUT2D eigenvalue weighted by Crippen LogP contribution is -2.51. The number of imidazole rings is 1. The van der Waals surface area contributed by atoms with Gasteiger partial charge in [-0.25, -0.2) is 14.4 Å². The van der Waals surface area contributed by atoms with Crippen LogP contribution in [0.25, 0.3) is 16.9 Å². The third-order valence-electron chi connectivity index (χ3n) is 5.90. The summed E-state index contributed by atoms with van der Waals surface area (Å²) in [5, 5.41) is 15.7. The number of hydrogen-bond donors (Lipinski definition) is 3. The average molecular weight is 430 g/mol. The highest BCUT2D eigenvalue weighted by atomic mass is 19.1. The third kappa shape index (κ3) is 2.97. The van der Waals surface area contributed by atoms with E-state index in [1.807, 2.05) is 35.2 Å². The van der Waals surface area contributed by atoms with Gasteiger partial charge in [0.25, 0.3) is 5.91 Å². The molecule has 1 aromatic carbocycles. The minimum absolute atomic E-state index is 0.161. The summed E-state index contributed by atoms with van der Waals surface area (Å²) < 4.78 is 15.4. The Labute approximate surface area is 182 Å². The maximum absolute atomic E-state index is 13.6. The number of aliphatic hydroxyl groups is 1. The zero-order valence-electron chi connectivity index (χ0n) is 16.9. The monoisotopic (exact) mass is 430 g/mol. The van der Waals surface area contributed by atoms with Gasteiger partial charge in [-0.15, -0.1) is 0 Å². The lowest BCUT2D eigenvalue weighted by molar-refractivity contribution is 0.0966. The summed E-state index contributed by atoms with van der Waals surface area (Å²) in [7, 11) is 0. The Balaban J connectivity index is 1.39. The normalized spacial score (nSPS) is 15.6. The molecule has 0 atom stereocenters. The smallest absolute Gasteiger partial charge is 0.254 e. The van der Waals surface area contributed by atoms with Crippen molar-refractivity contribution in [1.82, 2.24) is 19.7 Å². The summed E-state index contributed by atoms with van der Waals surface area (Å²) in [6.07, 6.45) is 3.01. The van der Waals surface area contributed by atoms with E-state index in [1.54, 1.807) is 16.8 Å². The molecule has 6 rings (SSSR count). The van der Waals surface area contributed by atoms with Gasteiger partial charge in [0.1, 0.15) is 23.1 Å². The zero-order valence-corrected chi connectivity index (χ0v) is 16.9. The molecule has 160 valence electrons. The van der Waals surface area contributed by atoms with Crippen molar-refractivity contribution >= 4 is 28.9 Å². The van der Waals surface area contributed by atoms with Crippen molar-refractivity contribution < 1.29 is 14.3 Å². The molecule has 1 saturated heterocycles. The number of hydrogen-bond acceptors (Lipinski definition) is 6. The summed E-state index contributed by atoms with van der Waals surface area (Å²) in [4.78, 5) is 23.6. The van der Waals surface area contributed by atoms with Crippen LogP contribution in [0.5, 0.6) is 0 Å². The molecule has 0 spiro atoms. The SMILES string of the molecule is O=C1NCc2c(-c3cnc4cc(F)ccn34)ccc(Nc3cccc(N4CC(O)C4)n3)c21. The number of benzene rings is 1. The first-order valence-electron chi connectivity index (χ1n) is 10.3. The molecule has 4 aromatic rings. The molecule has 0 unspecified atom stereocenters. The van der Waals surface area contributed by atoms with Gasteiger partial charge in [0.15, 0.2) is 0 Å². The van der Waals surface area contributed by atoms with Gasteiger partial charge in [0.2, 0.25) is 0 Å². The zero-order chi connectivity index (χ0) is 21.8. The largest absolute Gasteiger partial charge is 0.389 e. The molecule has 32 heavy (non-hydrogen) atoms. The van der Waals surface area contributed by atoms with Crippen LogP contribution >= 0.6 is 0 Å². The van der Waals surface area contributed by atoms with E-state index in [1.165, 1.54) is 12.1 Å². The van der Waals surface area contributed by atoms with Crippen LogP contribution < -0.4 is 15.5 Å². The van der Waals surface area contributed by atoms with Crippen LogP contribution in [0.4, 0.5) is 21.7 Å². The van der Waals surface area contributed by atoms with Gasteiger partial charge in [-0.05, 0) is 29.8 Å². The Bertz CT molecular complexity index is 1380. The topological polar surface area (TPSA) is 94.8 Å². The second-order valence-electron chi connectivity index (χ2n) is 7.98. The summed E-state index contributed by atoms with van der Waals surface area (Å²) >= 11 is 0. The van der Waals surface area contributed by atoms with Crippen LogP contribution in [-0.2, 0) is 6.54 Å². The van der Waals surface area contributed by atoms with E-state index in [0.717, 1.165) is 22.6 Å². The van der Waals surface area contributed by atoms with Crippen LogP contribution in [0.2, 0.25) is 0 Å². The second-order valence-corrected chi connectivity index (χ2v) is 7.98.